The van der Waals surface area contributed by atoms with E-state index in [1.54, 1.807) is 16.8 Å². The van der Waals surface area contributed by atoms with E-state index in [0.717, 1.165) is 31.9 Å². The quantitative estimate of drug-likeness (QED) is 0.817. The minimum atomic E-state index is -0.249. The smallest absolute Gasteiger partial charge is 0.251 e. The molecule has 0 aliphatic carbocycles. The van der Waals surface area contributed by atoms with Gasteiger partial charge in [0.1, 0.15) is 0 Å². The largest absolute Gasteiger partial charge is 0.346 e. The first-order chi connectivity index (χ1) is 12.6. The second-order valence-corrected chi connectivity index (χ2v) is 6.70. The Kier molecular flexibility index (Phi) is 5.88. The van der Waals surface area contributed by atoms with Crippen molar-refractivity contribution in [1.29, 1.82) is 0 Å². The summed E-state index contributed by atoms with van der Waals surface area (Å²) in [5.74, 6) is -0.249. The van der Waals surface area contributed by atoms with Gasteiger partial charge < -0.3 is 9.88 Å². The average molecular weight is 357 g/mol. The van der Waals surface area contributed by atoms with Gasteiger partial charge in [0.25, 0.3) is 11.5 Å². The topological polar surface area (TPSA) is 72.2 Å². The van der Waals surface area contributed by atoms with Gasteiger partial charge >= 0.3 is 0 Å². The minimum Gasteiger partial charge on any atom is -0.346 e. The maximum Gasteiger partial charge on any atom is 0.251 e. The lowest BCUT2D eigenvalue weighted by Crippen LogP contribution is -2.34. The van der Waals surface area contributed by atoms with Crippen molar-refractivity contribution in [2.24, 2.45) is 0 Å². The molecular formula is C19H27N5O2. The van der Waals surface area contributed by atoms with E-state index in [9.17, 15) is 9.59 Å². The molecule has 0 radical (unpaired) electrons. The van der Waals surface area contributed by atoms with Crippen LogP contribution in [0.15, 0.2) is 29.2 Å². The summed E-state index contributed by atoms with van der Waals surface area (Å²) in [4.78, 5) is 26.6. The Morgan fingerprint density at radius 1 is 1.27 bits per heavy atom. The lowest BCUT2D eigenvalue weighted by Gasteiger charge is -2.27. The number of hydrogen-bond acceptors (Lipinski definition) is 4. The number of fused-ring (bicyclic) bond motifs is 1. The molecular weight excluding hydrogens is 330 g/mol. The van der Waals surface area contributed by atoms with Crippen molar-refractivity contribution in [2.45, 2.75) is 52.9 Å². The number of aromatic nitrogens is 3. The molecule has 26 heavy (non-hydrogen) atoms. The molecule has 0 saturated carbocycles. The molecule has 7 heteroatoms. The zero-order valence-corrected chi connectivity index (χ0v) is 15.6. The maximum absolute atomic E-state index is 12.3. The first kappa shape index (κ1) is 18.4. The number of unbranched alkanes of at least 4 members (excludes halogenated alkanes) is 1. The fraction of sp³-hybridized carbons (Fsp3) is 0.526. The van der Waals surface area contributed by atoms with E-state index >= 15 is 0 Å². The molecule has 0 bridgehead atoms. The second kappa shape index (κ2) is 8.31. The molecule has 1 N–H and O–H groups in total. The van der Waals surface area contributed by atoms with Gasteiger partial charge in [0, 0.05) is 37.5 Å². The van der Waals surface area contributed by atoms with Crippen LogP contribution in [0.25, 0.3) is 0 Å². The summed E-state index contributed by atoms with van der Waals surface area (Å²) in [6.45, 7) is 9.01. The Hall–Kier alpha value is -2.41. The molecule has 2 aromatic rings. The Balaban J connectivity index is 1.59. The highest BCUT2D eigenvalue weighted by Crippen LogP contribution is 2.14. The first-order valence-corrected chi connectivity index (χ1v) is 9.37. The van der Waals surface area contributed by atoms with Crippen LogP contribution in [-0.4, -0.2) is 38.2 Å². The van der Waals surface area contributed by atoms with Crippen LogP contribution >= 0.6 is 0 Å². The summed E-state index contributed by atoms with van der Waals surface area (Å²) in [5.41, 5.74) is 2.27. The van der Waals surface area contributed by atoms with Gasteiger partial charge in [-0.25, -0.2) is 0 Å². The Morgan fingerprint density at radius 2 is 2.12 bits per heavy atom. The van der Waals surface area contributed by atoms with Crippen molar-refractivity contribution in [1.82, 2.24) is 24.6 Å². The van der Waals surface area contributed by atoms with Crippen molar-refractivity contribution in [3.8, 4) is 0 Å². The third-order valence-electron chi connectivity index (χ3n) is 4.78. The zero-order valence-electron chi connectivity index (χ0n) is 15.6. The van der Waals surface area contributed by atoms with Crippen LogP contribution in [0.4, 0.5) is 0 Å². The number of carbonyl (C=O) groups excluding carboxylic acids is 1. The third kappa shape index (κ3) is 4.22. The Labute approximate surface area is 153 Å². The third-order valence-corrected chi connectivity index (χ3v) is 4.78. The molecule has 2 aromatic heterocycles. The maximum atomic E-state index is 12.3. The number of pyridine rings is 1. The standard InChI is InChI=1S/C19H27N5O2/c1-3-5-7-22-9-10-24-17(14-22)12-16(21-24)13-20-19(26)15-6-8-23(4-2)18(25)11-15/h6,8,11-12H,3-5,7,9-10,13-14H2,1-2H3,(H,20,26). The highest BCUT2D eigenvalue weighted by atomic mass is 16.2. The lowest BCUT2D eigenvalue weighted by molar-refractivity contribution is 0.0950. The highest BCUT2D eigenvalue weighted by Gasteiger charge is 2.18. The van der Waals surface area contributed by atoms with Gasteiger partial charge in [0.05, 0.1) is 24.5 Å². The average Bonchev–Trinajstić information content (AvgIpc) is 3.06. The molecule has 1 aliphatic heterocycles. The van der Waals surface area contributed by atoms with Crippen molar-refractivity contribution in [2.75, 3.05) is 13.1 Å². The summed E-state index contributed by atoms with van der Waals surface area (Å²) >= 11 is 0. The van der Waals surface area contributed by atoms with E-state index in [0.29, 0.717) is 18.7 Å². The number of nitrogens with zero attached hydrogens (tertiary/aromatic N) is 4. The Morgan fingerprint density at radius 3 is 2.85 bits per heavy atom. The molecule has 3 heterocycles. The molecule has 0 fully saturated rings. The minimum absolute atomic E-state index is 0.162. The van der Waals surface area contributed by atoms with E-state index in [-0.39, 0.29) is 11.5 Å². The van der Waals surface area contributed by atoms with Crippen LogP contribution in [-0.2, 0) is 26.2 Å². The van der Waals surface area contributed by atoms with Gasteiger partial charge in [-0.05, 0) is 32.0 Å². The summed E-state index contributed by atoms with van der Waals surface area (Å²) < 4.78 is 3.59. The Bertz CT molecular complexity index is 824. The predicted octanol–water partition coefficient (Wildman–Crippen LogP) is 1.61. The molecule has 7 nitrogen and oxygen atoms in total. The summed E-state index contributed by atoms with van der Waals surface area (Å²) in [6, 6.07) is 5.11. The van der Waals surface area contributed by atoms with Crippen LogP contribution in [0, 0.1) is 0 Å². The first-order valence-electron chi connectivity index (χ1n) is 9.37. The van der Waals surface area contributed by atoms with E-state index in [1.165, 1.54) is 24.6 Å². The molecule has 0 atom stereocenters. The van der Waals surface area contributed by atoms with Crippen LogP contribution in [0.5, 0.6) is 0 Å². The number of rotatable bonds is 7. The molecule has 0 saturated heterocycles. The molecule has 1 aliphatic rings. The molecule has 1 amide bonds. The number of hydrogen-bond donors (Lipinski definition) is 1. The van der Waals surface area contributed by atoms with Crippen molar-refractivity contribution < 1.29 is 4.79 Å². The van der Waals surface area contributed by atoms with Gasteiger partial charge in [-0.3, -0.25) is 19.2 Å². The second-order valence-electron chi connectivity index (χ2n) is 6.70. The number of carbonyl (C=O) groups is 1. The van der Waals surface area contributed by atoms with Crippen LogP contribution < -0.4 is 10.9 Å². The molecule has 3 rings (SSSR count). The predicted molar refractivity (Wildman–Crippen MR) is 100.0 cm³/mol. The SMILES string of the molecule is CCCCN1CCn2nc(CNC(=O)c3ccn(CC)c(=O)c3)cc2C1. The van der Waals surface area contributed by atoms with E-state index in [2.05, 4.69) is 28.3 Å². The summed E-state index contributed by atoms with van der Waals surface area (Å²) in [6.07, 6.45) is 4.07. The lowest BCUT2D eigenvalue weighted by atomic mass is 10.2. The highest BCUT2D eigenvalue weighted by molar-refractivity contribution is 5.93. The van der Waals surface area contributed by atoms with Crippen molar-refractivity contribution >= 4 is 5.91 Å². The monoisotopic (exact) mass is 357 g/mol. The molecule has 140 valence electrons. The van der Waals surface area contributed by atoms with Gasteiger partial charge in [0.15, 0.2) is 0 Å². The zero-order chi connectivity index (χ0) is 18.5. The van der Waals surface area contributed by atoms with Crippen molar-refractivity contribution in [3.05, 3.63) is 51.7 Å². The summed E-state index contributed by atoms with van der Waals surface area (Å²) in [7, 11) is 0. The number of nitrogens with one attached hydrogen (secondary N) is 1. The molecule has 0 unspecified atom stereocenters. The van der Waals surface area contributed by atoms with Crippen molar-refractivity contribution in [3.63, 3.8) is 0 Å². The van der Waals surface area contributed by atoms with Crippen LogP contribution in [0.2, 0.25) is 0 Å². The normalized spacial score (nSPS) is 14.2. The van der Waals surface area contributed by atoms with Gasteiger partial charge in [-0.1, -0.05) is 13.3 Å². The number of amides is 1. The van der Waals surface area contributed by atoms with Crippen LogP contribution in [0.3, 0.4) is 0 Å². The van der Waals surface area contributed by atoms with Gasteiger partial charge in [-0.2, -0.15) is 5.10 Å². The fourth-order valence-electron chi connectivity index (χ4n) is 3.22. The molecule has 0 aromatic carbocycles. The van der Waals surface area contributed by atoms with Gasteiger partial charge in [-0.15, -0.1) is 0 Å². The fourth-order valence-corrected chi connectivity index (χ4v) is 3.22. The van der Waals surface area contributed by atoms with Gasteiger partial charge in [0.2, 0.25) is 0 Å². The van der Waals surface area contributed by atoms with E-state index < -0.39 is 0 Å². The van der Waals surface area contributed by atoms with E-state index in [1.807, 2.05) is 11.6 Å². The van der Waals surface area contributed by atoms with Crippen LogP contribution in [0.1, 0.15) is 48.4 Å². The molecule has 0 spiro atoms. The van der Waals surface area contributed by atoms with E-state index in [4.69, 9.17) is 0 Å². The summed E-state index contributed by atoms with van der Waals surface area (Å²) in [5, 5.41) is 7.44. The number of aryl methyl sites for hydroxylation is 1.